The SMILES string of the molecule is O=C(NCc1cc(C#CCO)ccc1F)C1C2CCCC21. The van der Waals surface area contributed by atoms with E-state index in [-0.39, 0.29) is 30.8 Å². The summed E-state index contributed by atoms with van der Waals surface area (Å²) in [7, 11) is 0. The van der Waals surface area contributed by atoms with Crippen LogP contribution in [0.3, 0.4) is 0 Å². The second-order valence-electron chi connectivity index (χ2n) is 5.77. The molecule has 2 unspecified atom stereocenters. The maximum atomic E-state index is 13.7. The number of aliphatic hydroxyl groups excluding tert-OH is 1. The molecule has 3 rings (SSSR count). The molecular formula is C17H18FNO2. The smallest absolute Gasteiger partial charge is 0.223 e. The maximum absolute atomic E-state index is 13.7. The van der Waals surface area contributed by atoms with E-state index in [0.29, 0.717) is 23.0 Å². The zero-order chi connectivity index (χ0) is 14.8. The molecule has 2 aliphatic rings. The van der Waals surface area contributed by atoms with E-state index in [1.807, 2.05) is 0 Å². The van der Waals surface area contributed by atoms with Gasteiger partial charge in [-0.3, -0.25) is 4.79 Å². The molecule has 1 amide bonds. The second kappa shape index (κ2) is 5.87. The molecule has 110 valence electrons. The number of carbonyl (C=O) groups excluding carboxylic acids is 1. The van der Waals surface area contributed by atoms with E-state index in [2.05, 4.69) is 17.2 Å². The molecule has 0 spiro atoms. The van der Waals surface area contributed by atoms with Crippen LogP contribution in [0.5, 0.6) is 0 Å². The quantitative estimate of drug-likeness (QED) is 0.833. The molecule has 0 saturated heterocycles. The van der Waals surface area contributed by atoms with Crippen molar-refractivity contribution in [3.05, 3.63) is 35.1 Å². The monoisotopic (exact) mass is 287 g/mol. The summed E-state index contributed by atoms with van der Waals surface area (Å²) < 4.78 is 13.7. The van der Waals surface area contributed by atoms with Crippen molar-refractivity contribution in [1.29, 1.82) is 0 Å². The Morgan fingerprint density at radius 2 is 2.14 bits per heavy atom. The fraction of sp³-hybridized carbons (Fsp3) is 0.471. The molecule has 2 fully saturated rings. The molecule has 2 atom stereocenters. The third kappa shape index (κ3) is 2.93. The molecule has 0 aromatic heterocycles. The van der Waals surface area contributed by atoms with Gasteiger partial charge in [-0.15, -0.1) is 0 Å². The van der Waals surface area contributed by atoms with Crippen LogP contribution in [-0.4, -0.2) is 17.6 Å². The van der Waals surface area contributed by atoms with Gasteiger partial charge in [-0.2, -0.15) is 0 Å². The minimum atomic E-state index is -0.346. The molecule has 0 heterocycles. The van der Waals surface area contributed by atoms with Crippen LogP contribution < -0.4 is 5.32 Å². The lowest BCUT2D eigenvalue weighted by molar-refractivity contribution is -0.123. The van der Waals surface area contributed by atoms with Crippen molar-refractivity contribution in [2.24, 2.45) is 17.8 Å². The Hall–Kier alpha value is -1.86. The highest BCUT2D eigenvalue weighted by Gasteiger charge is 2.56. The maximum Gasteiger partial charge on any atom is 0.223 e. The highest BCUT2D eigenvalue weighted by Crippen LogP contribution is 2.57. The van der Waals surface area contributed by atoms with Crippen LogP contribution >= 0.6 is 0 Å². The number of fused-ring (bicyclic) bond motifs is 1. The van der Waals surface area contributed by atoms with Crippen molar-refractivity contribution in [2.75, 3.05) is 6.61 Å². The van der Waals surface area contributed by atoms with Crippen molar-refractivity contribution in [2.45, 2.75) is 25.8 Å². The summed E-state index contributed by atoms with van der Waals surface area (Å²) in [5.41, 5.74) is 1.07. The number of carbonyl (C=O) groups is 1. The molecule has 1 aromatic carbocycles. The summed E-state index contributed by atoms with van der Waals surface area (Å²) >= 11 is 0. The molecule has 2 aliphatic carbocycles. The lowest BCUT2D eigenvalue weighted by Gasteiger charge is -2.08. The normalized spacial score (nSPS) is 25.7. The first-order chi connectivity index (χ1) is 10.2. The molecule has 2 saturated carbocycles. The Labute approximate surface area is 123 Å². The fourth-order valence-corrected chi connectivity index (χ4v) is 3.44. The number of aliphatic hydroxyl groups is 1. The van der Waals surface area contributed by atoms with Gasteiger partial charge in [-0.25, -0.2) is 4.39 Å². The Balaban J connectivity index is 1.60. The van der Waals surface area contributed by atoms with Gasteiger partial charge >= 0.3 is 0 Å². The summed E-state index contributed by atoms with van der Waals surface area (Å²) in [6.07, 6.45) is 3.55. The van der Waals surface area contributed by atoms with Gasteiger partial charge in [-0.05, 0) is 42.9 Å². The highest BCUT2D eigenvalue weighted by molar-refractivity contribution is 5.82. The van der Waals surface area contributed by atoms with Crippen LogP contribution in [0.4, 0.5) is 4.39 Å². The minimum absolute atomic E-state index is 0.0518. The summed E-state index contributed by atoms with van der Waals surface area (Å²) in [6.45, 7) is -0.0385. The summed E-state index contributed by atoms with van der Waals surface area (Å²) in [6, 6.07) is 4.52. The van der Waals surface area contributed by atoms with E-state index in [0.717, 1.165) is 12.8 Å². The molecule has 2 N–H and O–H groups in total. The first-order valence-corrected chi connectivity index (χ1v) is 7.36. The first-order valence-electron chi connectivity index (χ1n) is 7.36. The van der Waals surface area contributed by atoms with Gasteiger partial charge in [-0.1, -0.05) is 18.3 Å². The van der Waals surface area contributed by atoms with Gasteiger partial charge in [0.2, 0.25) is 5.91 Å². The van der Waals surface area contributed by atoms with E-state index >= 15 is 0 Å². The first kappa shape index (κ1) is 14.1. The topological polar surface area (TPSA) is 49.3 Å². The summed E-state index contributed by atoms with van der Waals surface area (Å²) in [4.78, 5) is 12.1. The second-order valence-corrected chi connectivity index (χ2v) is 5.77. The van der Waals surface area contributed by atoms with Crippen LogP contribution in [-0.2, 0) is 11.3 Å². The van der Waals surface area contributed by atoms with Gasteiger partial charge in [0, 0.05) is 23.6 Å². The average Bonchev–Trinajstić information content (AvgIpc) is 2.97. The summed E-state index contributed by atoms with van der Waals surface area (Å²) in [5, 5.41) is 11.5. The predicted molar refractivity (Wildman–Crippen MR) is 76.5 cm³/mol. The lowest BCUT2D eigenvalue weighted by Crippen LogP contribution is -2.26. The standard InChI is InChI=1S/C17H18FNO2/c18-15-7-6-11(3-2-8-20)9-12(15)10-19-17(21)16-13-4-1-5-14(13)16/h6-7,9,13-14,16,20H,1,4-5,8,10H2,(H,19,21). The van der Waals surface area contributed by atoms with E-state index in [9.17, 15) is 9.18 Å². The number of nitrogens with one attached hydrogen (secondary N) is 1. The Morgan fingerprint density at radius 1 is 1.38 bits per heavy atom. The average molecular weight is 287 g/mol. The number of hydrogen-bond donors (Lipinski definition) is 2. The van der Waals surface area contributed by atoms with E-state index < -0.39 is 0 Å². The van der Waals surface area contributed by atoms with Gasteiger partial charge in [0.1, 0.15) is 12.4 Å². The number of benzene rings is 1. The number of amides is 1. The molecular weight excluding hydrogens is 269 g/mol. The largest absolute Gasteiger partial charge is 0.384 e. The third-order valence-electron chi connectivity index (χ3n) is 4.52. The Morgan fingerprint density at radius 3 is 2.86 bits per heavy atom. The van der Waals surface area contributed by atoms with Crippen molar-refractivity contribution in [3.63, 3.8) is 0 Å². The number of halogens is 1. The van der Waals surface area contributed by atoms with Crippen LogP contribution in [0.25, 0.3) is 0 Å². The molecule has 1 aromatic rings. The molecule has 21 heavy (non-hydrogen) atoms. The predicted octanol–water partition coefficient (Wildman–Crippen LogP) is 1.83. The van der Waals surface area contributed by atoms with E-state index in [4.69, 9.17) is 5.11 Å². The molecule has 4 heteroatoms. The van der Waals surface area contributed by atoms with Gasteiger partial charge in [0.15, 0.2) is 0 Å². The van der Waals surface area contributed by atoms with Crippen LogP contribution in [0.2, 0.25) is 0 Å². The minimum Gasteiger partial charge on any atom is -0.384 e. The van der Waals surface area contributed by atoms with Gasteiger partial charge < -0.3 is 10.4 Å². The van der Waals surface area contributed by atoms with Crippen LogP contribution in [0, 0.1) is 35.4 Å². The lowest BCUT2D eigenvalue weighted by atomic mass is 10.1. The van der Waals surface area contributed by atoms with Crippen LogP contribution in [0.1, 0.15) is 30.4 Å². The van der Waals surface area contributed by atoms with Crippen molar-refractivity contribution in [1.82, 2.24) is 5.32 Å². The van der Waals surface area contributed by atoms with Crippen LogP contribution in [0.15, 0.2) is 18.2 Å². The third-order valence-corrected chi connectivity index (χ3v) is 4.52. The summed E-state index contributed by atoms with van der Waals surface area (Å²) in [5.74, 6) is 6.25. The highest BCUT2D eigenvalue weighted by atomic mass is 19.1. The fourth-order valence-electron chi connectivity index (χ4n) is 3.44. The number of rotatable bonds is 3. The Kier molecular flexibility index (Phi) is 3.94. The Bertz CT molecular complexity index is 607. The van der Waals surface area contributed by atoms with Crippen molar-refractivity contribution in [3.8, 4) is 11.8 Å². The molecule has 0 bridgehead atoms. The van der Waals surface area contributed by atoms with Crippen molar-refractivity contribution < 1.29 is 14.3 Å². The molecule has 0 radical (unpaired) electrons. The molecule has 0 aliphatic heterocycles. The number of hydrogen-bond acceptors (Lipinski definition) is 2. The zero-order valence-electron chi connectivity index (χ0n) is 11.7. The van der Waals surface area contributed by atoms with Gasteiger partial charge in [0.25, 0.3) is 0 Å². The van der Waals surface area contributed by atoms with E-state index in [1.165, 1.54) is 12.5 Å². The van der Waals surface area contributed by atoms with Crippen molar-refractivity contribution >= 4 is 5.91 Å². The van der Waals surface area contributed by atoms with E-state index in [1.54, 1.807) is 12.1 Å². The van der Waals surface area contributed by atoms with Gasteiger partial charge in [0.05, 0.1) is 0 Å². The zero-order valence-corrected chi connectivity index (χ0v) is 11.7. The molecule has 3 nitrogen and oxygen atoms in total.